The third-order valence-corrected chi connectivity index (χ3v) is 7.77. The van der Waals surface area contributed by atoms with E-state index in [0.29, 0.717) is 37.5 Å². The van der Waals surface area contributed by atoms with Crippen LogP contribution in [0.25, 0.3) is 0 Å². The number of carbonyl (C=O) groups excluding carboxylic acids is 1. The number of benzene rings is 2. The minimum atomic E-state index is -3.49. The summed E-state index contributed by atoms with van der Waals surface area (Å²) >= 11 is 1.75. The molecule has 0 spiro atoms. The van der Waals surface area contributed by atoms with Crippen LogP contribution < -0.4 is 0 Å². The average molecular weight is 419 g/mol. The maximum atomic E-state index is 12.7. The van der Waals surface area contributed by atoms with Crippen LogP contribution in [0.15, 0.2) is 59.5 Å². The van der Waals surface area contributed by atoms with E-state index in [-0.39, 0.29) is 5.91 Å². The van der Waals surface area contributed by atoms with Gasteiger partial charge in [0.1, 0.15) is 0 Å². The van der Waals surface area contributed by atoms with Crippen molar-refractivity contribution < 1.29 is 13.2 Å². The van der Waals surface area contributed by atoms with Gasteiger partial charge in [0.05, 0.1) is 4.90 Å². The average Bonchev–Trinajstić information content (AvgIpc) is 2.72. The van der Waals surface area contributed by atoms with Crippen molar-refractivity contribution in [3.63, 3.8) is 0 Å². The molecule has 2 aromatic carbocycles. The van der Waals surface area contributed by atoms with Gasteiger partial charge in [-0.3, -0.25) is 4.79 Å². The second-order valence-electron chi connectivity index (χ2n) is 6.89. The molecule has 1 aliphatic rings. The fourth-order valence-electron chi connectivity index (χ4n) is 3.12. The Morgan fingerprint density at radius 3 is 2.25 bits per heavy atom. The second-order valence-corrected chi connectivity index (χ2v) is 9.93. The normalized spacial score (nSPS) is 15.5. The molecule has 1 heterocycles. The zero-order valence-electron chi connectivity index (χ0n) is 16.1. The number of carbonyl (C=O) groups is 1. The minimum Gasteiger partial charge on any atom is -0.340 e. The summed E-state index contributed by atoms with van der Waals surface area (Å²) in [5.74, 6) is 1.78. The molecule has 0 atom stereocenters. The van der Waals surface area contributed by atoms with Gasteiger partial charge in [-0.05, 0) is 24.6 Å². The van der Waals surface area contributed by atoms with Gasteiger partial charge in [-0.2, -0.15) is 16.1 Å². The maximum absolute atomic E-state index is 12.7. The van der Waals surface area contributed by atoms with Crippen LogP contribution in [-0.4, -0.2) is 55.5 Å². The summed E-state index contributed by atoms with van der Waals surface area (Å²) in [6.07, 6.45) is 0.488. The highest BCUT2D eigenvalue weighted by atomic mass is 32.2. The van der Waals surface area contributed by atoms with Crippen molar-refractivity contribution in [3.05, 3.63) is 65.7 Å². The lowest BCUT2D eigenvalue weighted by Gasteiger charge is -2.34. The Kier molecular flexibility index (Phi) is 7.15. The van der Waals surface area contributed by atoms with Crippen LogP contribution in [0.5, 0.6) is 0 Å². The zero-order valence-corrected chi connectivity index (χ0v) is 17.7. The smallest absolute Gasteiger partial charge is 0.243 e. The Morgan fingerprint density at radius 2 is 1.61 bits per heavy atom. The van der Waals surface area contributed by atoms with E-state index in [2.05, 4.69) is 12.1 Å². The highest BCUT2D eigenvalue weighted by Gasteiger charge is 2.29. The summed E-state index contributed by atoms with van der Waals surface area (Å²) in [6, 6.07) is 17.1. The predicted molar refractivity (Wildman–Crippen MR) is 114 cm³/mol. The van der Waals surface area contributed by atoms with Gasteiger partial charge in [0.2, 0.25) is 15.9 Å². The van der Waals surface area contributed by atoms with Crippen LogP contribution in [0, 0.1) is 6.92 Å². The molecule has 1 aliphatic heterocycles. The van der Waals surface area contributed by atoms with E-state index in [1.54, 1.807) is 40.9 Å². The number of piperazine rings is 1. The Morgan fingerprint density at radius 1 is 0.964 bits per heavy atom. The minimum absolute atomic E-state index is 0.105. The summed E-state index contributed by atoms with van der Waals surface area (Å²) < 4.78 is 27.0. The summed E-state index contributed by atoms with van der Waals surface area (Å²) in [5.41, 5.74) is 2.29. The molecule has 1 amide bonds. The number of aryl methyl sites for hydroxylation is 1. The predicted octanol–water partition coefficient (Wildman–Crippen LogP) is 3.15. The molecule has 28 heavy (non-hydrogen) atoms. The molecule has 0 N–H and O–H groups in total. The molecule has 5 nitrogen and oxygen atoms in total. The number of nitrogens with zero attached hydrogens (tertiary/aromatic N) is 2. The molecule has 0 saturated carbocycles. The lowest BCUT2D eigenvalue weighted by Crippen LogP contribution is -2.50. The van der Waals surface area contributed by atoms with E-state index < -0.39 is 10.0 Å². The van der Waals surface area contributed by atoms with Crippen LogP contribution in [0.4, 0.5) is 0 Å². The first-order valence-corrected chi connectivity index (χ1v) is 12.0. The fourth-order valence-corrected chi connectivity index (χ4v) is 5.43. The maximum Gasteiger partial charge on any atom is 0.243 e. The van der Waals surface area contributed by atoms with Crippen molar-refractivity contribution in [1.29, 1.82) is 0 Å². The van der Waals surface area contributed by atoms with Crippen LogP contribution >= 0.6 is 11.8 Å². The van der Waals surface area contributed by atoms with Gasteiger partial charge in [-0.25, -0.2) is 8.42 Å². The van der Waals surface area contributed by atoms with Gasteiger partial charge >= 0.3 is 0 Å². The van der Waals surface area contributed by atoms with E-state index in [9.17, 15) is 13.2 Å². The zero-order chi connectivity index (χ0) is 20.0. The Hall–Kier alpha value is -1.83. The van der Waals surface area contributed by atoms with E-state index in [4.69, 9.17) is 0 Å². The van der Waals surface area contributed by atoms with Gasteiger partial charge in [0, 0.05) is 44.1 Å². The molecule has 0 radical (unpaired) electrons. The monoisotopic (exact) mass is 418 g/mol. The highest BCUT2D eigenvalue weighted by Crippen LogP contribution is 2.19. The fraction of sp³-hybridized carbons (Fsp3) is 0.381. The largest absolute Gasteiger partial charge is 0.340 e. The highest BCUT2D eigenvalue weighted by molar-refractivity contribution is 7.98. The van der Waals surface area contributed by atoms with Gasteiger partial charge in [0.25, 0.3) is 0 Å². The first-order chi connectivity index (χ1) is 13.5. The molecular weight excluding hydrogens is 392 g/mol. The van der Waals surface area contributed by atoms with E-state index in [1.807, 2.05) is 25.1 Å². The lowest BCUT2D eigenvalue weighted by atomic mass is 10.2. The van der Waals surface area contributed by atoms with Gasteiger partial charge in [-0.15, -0.1) is 0 Å². The Balaban J connectivity index is 1.44. The van der Waals surface area contributed by atoms with Crippen LogP contribution in [-0.2, 0) is 20.6 Å². The van der Waals surface area contributed by atoms with E-state index in [0.717, 1.165) is 17.1 Å². The summed E-state index contributed by atoms with van der Waals surface area (Å²) in [4.78, 5) is 14.5. The molecule has 2 aromatic rings. The van der Waals surface area contributed by atoms with E-state index >= 15 is 0 Å². The van der Waals surface area contributed by atoms with Gasteiger partial charge < -0.3 is 4.90 Å². The first-order valence-electron chi connectivity index (χ1n) is 9.43. The van der Waals surface area contributed by atoms with Crippen LogP contribution in [0.1, 0.15) is 17.5 Å². The number of thioether (sulfide) groups is 1. The van der Waals surface area contributed by atoms with Crippen LogP contribution in [0.3, 0.4) is 0 Å². The summed E-state index contributed by atoms with van der Waals surface area (Å²) in [7, 11) is -3.49. The number of hydrogen-bond acceptors (Lipinski definition) is 4. The van der Waals surface area contributed by atoms with Crippen LogP contribution in [0.2, 0.25) is 0 Å². The number of rotatable bonds is 7. The van der Waals surface area contributed by atoms with Crippen molar-refractivity contribution in [1.82, 2.24) is 9.21 Å². The molecular formula is C21H26N2O3S2. The third-order valence-electron chi connectivity index (χ3n) is 4.82. The molecule has 0 aliphatic carbocycles. The number of sulfonamides is 1. The lowest BCUT2D eigenvalue weighted by molar-refractivity contribution is -0.131. The summed E-state index contributed by atoms with van der Waals surface area (Å²) in [6.45, 7) is 3.53. The number of amides is 1. The molecule has 7 heteroatoms. The molecule has 3 rings (SSSR count). The van der Waals surface area contributed by atoms with Gasteiger partial charge in [0.15, 0.2) is 0 Å². The third kappa shape index (κ3) is 5.37. The van der Waals surface area contributed by atoms with Crippen molar-refractivity contribution in [2.75, 3.05) is 31.9 Å². The molecule has 0 unspecified atom stereocenters. The SMILES string of the molecule is Cc1ccc(S(=O)(=O)N2CCN(C(=O)CCSCc3ccccc3)CC2)cc1. The van der Waals surface area contributed by atoms with Crippen molar-refractivity contribution in [2.45, 2.75) is 24.0 Å². The van der Waals surface area contributed by atoms with Crippen molar-refractivity contribution in [2.24, 2.45) is 0 Å². The summed E-state index contributed by atoms with van der Waals surface area (Å²) in [5, 5.41) is 0. The molecule has 1 saturated heterocycles. The van der Waals surface area contributed by atoms with E-state index in [1.165, 1.54) is 9.87 Å². The topological polar surface area (TPSA) is 57.7 Å². The first kappa shape index (κ1) is 20.9. The number of hydrogen-bond donors (Lipinski definition) is 0. The molecule has 1 fully saturated rings. The molecule has 150 valence electrons. The van der Waals surface area contributed by atoms with Crippen molar-refractivity contribution >= 4 is 27.7 Å². The second kappa shape index (κ2) is 9.58. The van der Waals surface area contributed by atoms with Crippen molar-refractivity contribution in [3.8, 4) is 0 Å². The van der Waals surface area contributed by atoms with Gasteiger partial charge in [-0.1, -0.05) is 48.0 Å². The standard InChI is InChI=1S/C21H26N2O3S2/c1-18-7-9-20(10-8-18)28(25,26)23-14-12-22(13-15-23)21(24)11-16-27-17-19-5-3-2-4-6-19/h2-10H,11-17H2,1H3. The molecule has 0 bridgehead atoms. The Bertz CT molecular complexity index is 876. The quantitative estimate of drug-likeness (QED) is 0.648. The molecule has 0 aromatic heterocycles. The Labute approximate surface area is 171 Å².